The summed E-state index contributed by atoms with van der Waals surface area (Å²) in [5.41, 5.74) is 10.3. The zero-order valence-corrected chi connectivity index (χ0v) is 38.6. The van der Waals surface area contributed by atoms with Gasteiger partial charge in [-0.3, -0.25) is 14.7 Å². The van der Waals surface area contributed by atoms with Crippen LogP contribution in [0.4, 0.5) is 16.2 Å². The molecule has 0 radical (unpaired) electrons. The average molecular weight is 857 g/mol. The van der Waals surface area contributed by atoms with Crippen molar-refractivity contribution >= 4 is 34.3 Å². The number of nitrogens with zero attached hydrogens (tertiary/aromatic N) is 6. The van der Waals surface area contributed by atoms with Crippen LogP contribution in [-0.4, -0.2) is 134 Å². The molecule has 62 heavy (non-hydrogen) atoms. The van der Waals surface area contributed by atoms with Crippen molar-refractivity contribution in [2.75, 3.05) is 82.5 Å². The minimum atomic E-state index is -0.634. The van der Waals surface area contributed by atoms with Gasteiger partial charge in [0.15, 0.2) is 0 Å². The highest BCUT2D eigenvalue weighted by Gasteiger charge is 2.36. The summed E-state index contributed by atoms with van der Waals surface area (Å²) in [5, 5.41) is 6.40. The second-order valence-electron chi connectivity index (χ2n) is 20.1. The third-order valence-corrected chi connectivity index (χ3v) is 13.6. The van der Waals surface area contributed by atoms with E-state index in [1.54, 1.807) is 7.11 Å². The molecule has 340 valence electrons. The van der Waals surface area contributed by atoms with Gasteiger partial charge in [-0.2, -0.15) is 0 Å². The molecule has 0 aliphatic carbocycles. The number of hydrogen-bond donors (Lipinski definition) is 2. The molecule has 5 aliphatic heterocycles. The van der Waals surface area contributed by atoms with Crippen molar-refractivity contribution in [3.05, 3.63) is 41.7 Å². The van der Waals surface area contributed by atoms with E-state index in [9.17, 15) is 9.59 Å². The first-order valence-electron chi connectivity index (χ1n) is 23.4. The number of methoxy groups -OCH3 is 1. The van der Waals surface area contributed by atoms with Crippen LogP contribution in [0.15, 0.2) is 30.5 Å². The van der Waals surface area contributed by atoms with Crippen molar-refractivity contribution in [1.82, 2.24) is 30.2 Å². The van der Waals surface area contributed by atoms with E-state index in [0.29, 0.717) is 45.0 Å². The SMILES string of the molecule is CCn1c(-c2cc(N3CCN4CCCC[C@@H]4C3)cnc2[C@H](C)OC)c2c3cc(ccc31)N1CCO[C@@H](C[C@H](NC(=O)OC(C)(C)C)CN3CCC[C@H](N3)C(=O)OCC(C)(C)C2)C1. The van der Waals surface area contributed by atoms with Crippen LogP contribution in [0.2, 0.25) is 0 Å². The number of piperidine rings is 1. The van der Waals surface area contributed by atoms with E-state index in [2.05, 4.69) is 93.2 Å². The molecule has 2 aromatic heterocycles. The highest BCUT2D eigenvalue weighted by molar-refractivity contribution is 5.95. The van der Waals surface area contributed by atoms with E-state index < -0.39 is 23.2 Å². The summed E-state index contributed by atoms with van der Waals surface area (Å²) in [6.07, 6.45) is 7.84. The average Bonchev–Trinajstić information content (AvgIpc) is 3.55. The van der Waals surface area contributed by atoms with Crippen LogP contribution in [0.5, 0.6) is 0 Å². The molecule has 4 saturated heterocycles. The number of carbonyl (C=O) groups excluding carboxylic acids is 2. The molecule has 0 saturated carbocycles. The number of alkyl carbamates (subject to hydrolysis) is 1. The number of aryl methyl sites for hydroxylation is 1. The number of amides is 1. The number of cyclic esters (lactones) is 1. The van der Waals surface area contributed by atoms with Gasteiger partial charge in [0, 0.05) is 99.1 Å². The Morgan fingerprint density at radius 2 is 1.84 bits per heavy atom. The van der Waals surface area contributed by atoms with Crippen molar-refractivity contribution in [1.29, 1.82) is 0 Å². The third kappa shape index (κ3) is 10.0. The predicted octanol–water partition coefficient (Wildman–Crippen LogP) is 6.69. The van der Waals surface area contributed by atoms with Crippen LogP contribution in [0.25, 0.3) is 22.2 Å². The number of fused-ring (bicyclic) bond motifs is 7. The normalized spacial score (nSPS) is 26.9. The standard InChI is InChI=1S/C48H72N8O6/c1-9-56-42-16-15-34-24-38(42)40(44(56)39-25-36(27-49-43(39)32(2)59-8)53-20-19-52-17-11-10-13-35(52)29-53)26-48(6,7)31-61-45(57)41-14-12-18-55(51-41)28-33(50-46(58)62-47(3,4)5)23-37-30-54(34)21-22-60-37/h15-16,24-25,27,32-33,35,37,41,51H,9-14,17-23,26,28-31H2,1-8H3,(H,50,58)/t32-,33-,35+,37-,41-/m0/s1. The van der Waals surface area contributed by atoms with Crippen molar-refractivity contribution in [3.63, 3.8) is 0 Å². The zero-order chi connectivity index (χ0) is 43.8. The Morgan fingerprint density at radius 1 is 1.02 bits per heavy atom. The largest absolute Gasteiger partial charge is 0.464 e. The predicted molar refractivity (Wildman–Crippen MR) is 244 cm³/mol. The Bertz CT molecular complexity index is 2060. The van der Waals surface area contributed by atoms with Gasteiger partial charge in [0.25, 0.3) is 0 Å². The fourth-order valence-corrected chi connectivity index (χ4v) is 10.5. The Balaban J connectivity index is 1.21. The number of benzene rings is 1. The highest BCUT2D eigenvalue weighted by atomic mass is 16.6. The third-order valence-electron chi connectivity index (χ3n) is 13.6. The fraction of sp³-hybridized carbons (Fsp3) is 0.688. The molecule has 6 atom stereocenters. The van der Waals surface area contributed by atoms with Crippen molar-refractivity contribution < 1.29 is 28.5 Å². The van der Waals surface area contributed by atoms with Gasteiger partial charge in [-0.1, -0.05) is 20.3 Å². The van der Waals surface area contributed by atoms with E-state index in [4.69, 9.17) is 23.9 Å². The Labute approximate surface area is 368 Å². The van der Waals surface area contributed by atoms with E-state index >= 15 is 0 Å². The molecular weight excluding hydrogens is 785 g/mol. The molecule has 1 amide bonds. The zero-order valence-electron chi connectivity index (χ0n) is 38.6. The lowest BCUT2D eigenvalue weighted by Gasteiger charge is -2.45. The molecular formula is C48H72N8O6. The fourth-order valence-electron chi connectivity index (χ4n) is 10.5. The van der Waals surface area contributed by atoms with Gasteiger partial charge in [-0.15, -0.1) is 0 Å². The van der Waals surface area contributed by atoms with Gasteiger partial charge >= 0.3 is 12.1 Å². The molecule has 4 fully saturated rings. The number of hydrazine groups is 1. The maximum atomic E-state index is 13.9. The number of piperazine rings is 1. The minimum absolute atomic E-state index is 0.139. The molecule has 1 unspecified atom stereocenters. The van der Waals surface area contributed by atoms with Gasteiger partial charge < -0.3 is 38.6 Å². The Morgan fingerprint density at radius 3 is 2.63 bits per heavy atom. The van der Waals surface area contributed by atoms with Gasteiger partial charge in [-0.05, 0) is 110 Å². The smallest absolute Gasteiger partial charge is 0.407 e. The topological polar surface area (TPSA) is 126 Å². The molecule has 14 nitrogen and oxygen atoms in total. The second-order valence-corrected chi connectivity index (χ2v) is 20.1. The van der Waals surface area contributed by atoms with E-state index in [-0.39, 0.29) is 30.8 Å². The van der Waals surface area contributed by atoms with Crippen LogP contribution in [-0.2, 0) is 36.7 Å². The molecule has 1 aromatic carbocycles. The van der Waals surface area contributed by atoms with Gasteiger partial charge in [0.2, 0.25) is 0 Å². The van der Waals surface area contributed by atoms with Crippen LogP contribution in [0.3, 0.4) is 0 Å². The van der Waals surface area contributed by atoms with Crippen LogP contribution < -0.4 is 20.5 Å². The minimum Gasteiger partial charge on any atom is -0.464 e. The van der Waals surface area contributed by atoms with Crippen LogP contribution >= 0.6 is 0 Å². The Hall–Kier alpha value is -3.95. The molecule has 2 N–H and O–H groups in total. The first kappa shape index (κ1) is 44.6. The highest BCUT2D eigenvalue weighted by Crippen LogP contribution is 2.43. The lowest BCUT2D eigenvalue weighted by molar-refractivity contribution is -0.152. The maximum absolute atomic E-state index is 13.9. The number of morpholine rings is 1. The lowest BCUT2D eigenvalue weighted by atomic mass is 9.84. The van der Waals surface area contributed by atoms with Crippen LogP contribution in [0.1, 0.15) is 104 Å². The second kappa shape index (κ2) is 18.6. The molecule has 0 spiro atoms. The first-order valence-corrected chi connectivity index (χ1v) is 23.4. The first-order chi connectivity index (χ1) is 29.7. The summed E-state index contributed by atoms with van der Waals surface area (Å²) in [4.78, 5) is 40.0. The number of rotatable bonds is 6. The Kier molecular flexibility index (Phi) is 13.4. The van der Waals surface area contributed by atoms with Gasteiger partial charge in [0.05, 0.1) is 48.7 Å². The molecule has 8 rings (SSSR count). The number of ether oxygens (including phenoxy) is 4. The van der Waals surface area contributed by atoms with Crippen molar-refractivity contribution in [3.8, 4) is 11.3 Å². The summed E-state index contributed by atoms with van der Waals surface area (Å²) in [6.45, 7) is 22.9. The summed E-state index contributed by atoms with van der Waals surface area (Å²) in [5.74, 6) is -0.253. The number of anilines is 2. The summed E-state index contributed by atoms with van der Waals surface area (Å²) in [7, 11) is 1.76. The molecule has 14 heteroatoms. The monoisotopic (exact) mass is 857 g/mol. The summed E-state index contributed by atoms with van der Waals surface area (Å²) >= 11 is 0. The number of carbonyl (C=O) groups is 2. The quantitative estimate of drug-likeness (QED) is 0.257. The number of pyridine rings is 1. The van der Waals surface area contributed by atoms with Gasteiger partial charge in [-0.25, -0.2) is 15.2 Å². The number of esters is 1. The van der Waals surface area contributed by atoms with Crippen molar-refractivity contribution in [2.45, 2.75) is 136 Å². The molecule has 6 bridgehead atoms. The lowest BCUT2D eigenvalue weighted by Crippen LogP contribution is -2.58. The number of aromatic nitrogens is 2. The van der Waals surface area contributed by atoms with Crippen LogP contribution in [0, 0.1) is 5.41 Å². The maximum Gasteiger partial charge on any atom is 0.407 e. The molecule has 3 aromatic rings. The number of hydrogen-bond acceptors (Lipinski definition) is 12. The summed E-state index contributed by atoms with van der Waals surface area (Å²) in [6, 6.07) is 9.08. The van der Waals surface area contributed by atoms with E-state index in [1.165, 1.54) is 42.3 Å². The van der Waals surface area contributed by atoms with Gasteiger partial charge in [0.1, 0.15) is 11.6 Å². The summed E-state index contributed by atoms with van der Waals surface area (Å²) < 4.78 is 26.9. The molecule has 7 heterocycles. The number of nitrogens with one attached hydrogen (secondary N) is 2. The molecule has 5 aliphatic rings. The van der Waals surface area contributed by atoms with E-state index in [0.717, 1.165) is 74.0 Å². The van der Waals surface area contributed by atoms with Crippen molar-refractivity contribution in [2.24, 2.45) is 5.41 Å². The van der Waals surface area contributed by atoms with E-state index in [1.807, 2.05) is 20.8 Å².